The van der Waals surface area contributed by atoms with Crippen LogP contribution in [0.1, 0.15) is 40.8 Å². The second-order valence-electron chi connectivity index (χ2n) is 5.81. The van der Waals surface area contributed by atoms with Crippen LogP contribution in [-0.4, -0.2) is 41.8 Å². The van der Waals surface area contributed by atoms with E-state index in [0.29, 0.717) is 25.9 Å². The Morgan fingerprint density at radius 1 is 1.19 bits per heavy atom. The minimum atomic E-state index is -0.751. The molecule has 5 N–H and O–H groups in total. The van der Waals surface area contributed by atoms with E-state index in [1.165, 1.54) is 6.26 Å². The first-order valence-corrected chi connectivity index (χ1v) is 8.64. The SMILES string of the molecule is NC(CO)c1nc(C(=O)NCCCCNC(=O)OCc2ccccc2)co1. The van der Waals surface area contributed by atoms with Gasteiger partial charge in [-0.3, -0.25) is 4.79 Å². The number of aliphatic hydroxyl groups is 1. The average Bonchev–Trinajstić information content (AvgIpc) is 3.19. The van der Waals surface area contributed by atoms with E-state index >= 15 is 0 Å². The lowest BCUT2D eigenvalue weighted by Gasteiger charge is -2.07. The predicted molar refractivity (Wildman–Crippen MR) is 96.7 cm³/mol. The maximum atomic E-state index is 11.9. The fraction of sp³-hybridized carbons (Fsp3) is 0.389. The fourth-order valence-corrected chi connectivity index (χ4v) is 2.15. The highest BCUT2D eigenvalue weighted by molar-refractivity contribution is 5.91. The molecule has 0 fully saturated rings. The third-order valence-corrected chi connectivity index (χ3v) is 3.64. The number of aromatic nitrogens is 1. The molecule has 0 aliphatic rings. The first kappa shape index (κ1) is 20.4. The molecule has 0 bridgehead atoms. The van der Waals surface area contributed by atoms with Gasteiger partial charge < -0.3 is 30.6 Å². The molecule has 2 aromatic rings. The molecule has 0 aliphatic heterocycles. The topological polar surface area (TPSA) is 140 Å². The van der Waals surface area contributed by atoms with Gasteiger partial charge in [-0.05, 0) is 18.4 Å². The number of oxazole rings is 1. The molecular formula is C18H24N4O5. The van der Waals surface area contributed by atoms with E-state index in [4.69, 9.17) is 20.0 Å². The Bertz CT molecular complexity index is 720. The van der Waals surface area contributed by atoms with Crippen molar-refractivity contribution in [2.45, 2.75) is 25.5 Å². The van der Waals surface area contributed by atoms with Gasteiger partial charge in [-0.25, -0.2) is 9.78 Å². The first-order chi connectivity index (χ1) is 13.1. The second kappa shape index (κ2) is 10.9. The molecule has 0 saturated carbocycles. The van der Waals surface area contributed by atoms with Gasteiger partial charge in [0.25, 0.3) is 5.91 Å². The quantitative estimate of drug-likeness (QED) is 0.455. The summed E-state index contributed by atoms with van der Waals surface area (Å²) in [4.78, 5) is 27.4. The summed E-state index contributed by atoms with van der Waals surface area (Å²) < 4.78 is 10.1. The highest BCUT2D eigenvalue weighted by Crippen LogP contribution is 2.09. The molecule has 1 aromatic carbocycles. The van der Waals surface area contributed by atoms with Crippen LogP contribution < -0.4 is 16.4 Å². The van der Waals surface area contributed by atoms with Crippen molar-refractivity contribution in [2.75, 3.05) is 19.7 Å². The molecule has 1 heterocycles. The van der Waals surface area contributed by atoms with Crippen molar-refractivity contribution in [3.8, 4) is 0 Å². The Labute approximate surface area is 156 Å². The van der Waals surface area contributed by atoms with E-state index in [-0.39, 0.29) is 30.7 Å². The number of carbonyl (C=O) groups is 2. The Morgan fingerprint density at radius 2 is 1.89 bits per heavy atom. The van der Waals surface area contributed by atoms with Gasteiger partial charge in [0.05, 0.1) is 6.61 Å². The number of nitrogens with two attached hydrogens (primary N) is 1. The van der Waals surface area contributed by atoms with Gasteiger partial charge in [-0.15, -0.1) is 0 Å². The molecule has 0 spiro atoms. The Balaban J connectivity index is 1.54. The molecule has 2 amide bonds. The van der Waals surface area contributed by atoms with Gasteiger partial charge >= 0.3 is 6.09 Å². The number of carbonyl (C=O) groups excluding carboxylic acids is 2. The van der Waals surface area contributed by atoms with E-state index in [9.17, 15) is 9.59 Å². The maximum Gasteiger partial charge on any atom is 0.407 e. The molecular weight excluding hydrogens is 352 g/mol. The van der Waals surface area contributed by atoms with Crippen molar-refractivity contribution in [1.82, 2.24) is 15.6 Å². The van der Waals surface area contributed by atoms with Crippen LogP contribution in [0, 0.1) is 0 Å². The number of rotatable bonds is 10. The number of nitrogens with zero attached hydrogens (tertiary/aromatic N) is 1. The summed E-state index contributed by atoms with van der Waals surface area (Å²) in [5.74, 6) is -0.272. The van der Waals surface area contributed by atoms with Crippen molar-refractivity contribution in [3.63, 3.8) is 0 Å². The maximum absolute atomic E-state index is 11.9. The minimum Gasteiger partial charge on any atom is -0.446 e. The minimum absolute atomic E-state index is 0.108. The number of aliphatic hydroxyl groups excluding tert-OH is 1. The molecule has 0 radical (unpaired) electrons. The monoisotopic (exact) mass is 376 g/mol. The van der Waals surface area contributed by atoms with E-state index in [2.05, 4.69) is 15.6 Å². The lowest BCUT2D eigenvalue weighted by atomic mass is 10.2. The fourth-order valence-electron chi connectivity index (χ4n) is 2.15. The van der Waals surface area contributed by atoms with Gasteiger partial charge in [0.15, 0.2) is 5.69 Å². The highest BCUT2D eigenvalue weighted by Gasteiger charge is 2.15. The number of benzene rings is 1. The average molecular weight is 376 g/mol. The van der Waals surface area contributed by atoms with Crippen LogP contribution in [0.3, 0.4) is 0 Å². The van der Waals surface area contributed by atoms with E-state index in [0.717, 1.165) is 5.56 Å². The van der Waals surface area contributed by atoms with Gasteiger partial charge in [0, 0.05) is 13.1 Å². The molecule has 1 atom stereocenters. The van der Waals surface area contributed by atoms with Crippen LogP contribution in [0.15, 0.2) is 41.0 Å². The van der Waals surface area contributed by atoms with E-state index in [1.807, 2.05) is 30.3 Å². The van der Waals surface area contributed by atoms with Crippen LogP contribution in [0.2, 0.25) is 0 Å². The summed E-state index contributed by atoms with van der Waals surface area (Å²) in [5.41, 5.74) is 6.59. The number of ether oxygens (including phenoxy) is 1. The lowest BCUT2D eigenvalue weighted by molar-refractivity contribution is 0.0947. The third kappa shape index (κ3) is 7.08. The van der Waals surface area contributed by atoms with E-state index < -0.39 is 12.1 Å². The van der Waals surface area contributed by atoms with Crippen molar-refractivity contribution >= 4 is 12.0 Å². The summed E-state index contributed by atoms with van der Waals surface area (Å²) in [6.07, 6.45) is 2.08. The number of hydrogen-bond donors (Lipinski definition) is 4. The van der Waals surface area contributed by atoms with Crippen LogP contribution in [0.25, 0.3) is 0 Å². The summed E-state index contributed by atoms with van der Waals surface area (Å²) in [7, 11) is 0. The second-order valence-corrected chi connectivity index (χ2v) is 5.81. The van der Waals surface area contributed by atoms with Crippen molar-refractivity contribution in [1.29, 1.82) is 0 Å². The largest absolute Gasteiger partial charge is 0.446 e. The summed E-state index contributed by atoms with van der Waals surface area (Å²) >= 11 is 0. The molecule has 0 aliphatic carbocycles. The number of amides is 2. The van der Waals surface area contributed by atoms with Gasteiger partial charge in [0.2, 0.25) is 5.89 Å². The van der Waals surface area contributed by atoms with Crippen molar-refractivity contribution in [2.24, 2.45) is 5.73 Å². The summed E-state index contributed by atoms with van der Waals surface area (Å²) in [6.45, 7) is 0.779. The Morgan fingerprint density at radius 3 is 2.59 bits per heavy atom. The smallest absolute Gasteiger partial charge is 0.407 e. The Hall–Kier alpha value is -2.91. The first-order valence-electron chi connectivity index (χ1n) is 8.64. The predicted octanol–water partition coefficient (Wildman–Crippen LogP) is 1.10. The lowest BCUT2D eigenvalue weighted by Crippen LogP contribution is -2.28. The molecule has 1 aromatic heterocycles. The van der Waals surface area contributed by atoms with Gasteiger partial charge in [0.1, 0.15) is 18.9 Å². The van der Waals surface area contributed by atoms with Crippen LogP contribution in [0.4, 0.5) is 4.79 Å². The molecule has 9 heteroatoms. The van der Waals surface area contributed by atoms with Crippen LogP contribution in [0.5, 0.6) is 0 Å². The number of unbranched alkanes of at least 4 members (excludes halogenated alkanes) is 1. The number of hydrogen-bond acceptors (Lipinski definition) is 7. The standard InChI is InChI=1S/C18H24N4O5/c19-14(10-23)17-22-15(12-26-17)16(24)20-8-4-5-9-21-18(25)27-11-13-6-2-1-3-7-13/h1-3,6-7,12,14,23H,4-5,8-11,19H2,(H,20,24)(H,21,25). The summed E-state index contributed by atoms with van der Waals surface area (Å²) in [6, 6.07) is 8.67. The Kier molecular flexibility index (Phi) is 8.27. The van der Waals surface area contributed by atoms with Crippen molar-refractivity contribution < 1.29 is 23.8 Å². The summed E-state index contributed by atoms with van der Waals surface area (Å²) in [5, 5.41) is 14.3. The zero-order valence-electron chi connectivity index (χ0n) is 14.9. The zero-order valence-corrected chi connectivity index (χ0v) is 14.9. The van der Waals surface area contributed by atoms with Gasteiger partial charge in [-0.2, -0.15) is 0 Å². The highest BCUT2D eigenvalue weighted by atomic mass is 16.5. The van der Waals surface area contributed by atoms with Gasteiger partial charge in [-0.1, -0.05) is 30.3 Å². The van der Waals surface area contributed by atoms with Crippen molar-refractivity contribution in [3.05, 3.63) is 53.7 Å². The zero-order chi connectivity index (χ0) is 19.5. The molecule has 27 heavy (non-hydrogen) atoms. The van der Waals surface area contributed by atoms with Crippen LogP contribution >= 0.6 is 0 Å². The number of alkyl carbamates (subject to hydrolysis) is 1. The van der Waals surface area contributed by atoms with E-state index in [1.54, 1.807) is 0 Å². The molecule has 146 valence electrons. The molecule has 1 unspecified atom stereocenters. The van der Waals surface area contributed by atoms with Crippen LogP contribution in [-0.2, 0) is 11.3 Å². The molecule has 0 saturated heterocycles. The third-order valence-electron chi connectivity index (χ3n) is 3.64. The normalized spacial score (nSPS) is 11.6. The molecule has 9 nitrogen and oxygen atoms in total. The number of nitrogens with one attached hydrogen (secondary N) is 2. The molecule has 2 rings (SSSR count).